The summed E-state index contributed by atoms with van der Waals surface area (Å²) in [5.41, 5.74) is 7.42. The van der Waals surface area contributed by atoms with Gasteiger partial charge in [-0.05, 0) is 32.3 Å². The van der Waals surface area contributed by atoms with E-state index in [1.165, 1.54) is 5.56 Å². The Morgan fingerprint density at radius 3 is 2.52 bits per heavy atom. The third-order valence-electron chi connectivity index (χ3n) is 3.27. The monoisotopic (exact) mass is 300 g/mol. The molecular formula is C16H20N4S. The first-order chi connectivity index (χ1) is 9.98. The molecule has 0 atom stereocenters. The van der Waals surface area contributed by atoms with Crippen LogP contribution in [-0.2, 0) is 6.42 Å². The normalized spacial score (nSPS) is 11.1. The predicted octanol–water partition coefficient (Wildman–Crippen LogP) is 2.93. The Balaban J connectivity index is 2.05. The van der Waals surface area contributed by atoms with Gasteiger partial charge in [-0.25, -0.2) is 9.97 Å². The molecule has 0 fully saturated rings. The highest BCUT2D eigenvalue weighted by molar-refractivity contribution is 7.80. The molecule has 0 saturated carbocycles. The molecule has 2 rings (SSSR count). The van der Waals surface area contributed by atoms with E-state index >= 15 is 0 Å². The summed E-state index contributed by atoms with van der Waals surface area (Å²) in [4.78, 5) is 8.74. The molecule has 0 aliphatic heterocycles. The number of nitrogens with zero attached hydrogens (tertiary/aromatic N) is 2. The smallest absolute Gasteiger partial charge is 0.155 e. The molecule has 0 aliphatic rings. The largest absolute Gasteiger partial charge is 0.388 e. The second-order valence-corrected chi connectivity index (χ2v) is 6.05. The Labute approximate surface area is 130 Å². The SMILES string of the molecule is CC(C)(CCc1ccccc1)Nc1nccnc1C(N)=S. The molecule has 5 heteroatoms. The average molecular weight is 300 g/mol. The van der Waals surface area contributed by atoms with Crippen molar-refractivity contribution in [3.05, 3.63) is 54.0 Å². The highest BCUT2D eigenvalue weighted by atomic mass is 32.1. The first-order valence-electron chi connectivity index (χ1n) is 6.91. The molecule has 110 valence electrons. The van der Waals surface area contributed by atoms with Gasteiger partial charge in [0.1, 0.15) is 10.7 Å². The van der Waals surface area contributed by atoms with Crippen molar-refractivity contribution in [1.29, 1.82) is 0 Å². The highest BCUT2D eigenvalue weighted by Crippen LogP contribution is 2.20. The van der Waals surface area contributed by atoms with Crippen LogP contribution in [0.3, 0.4) is 0 Å². The van der Waals surface area contributed by atoms with Crippen LogP contribution >= 0.6 is 12.2 Å². The summed E-state index contributed by atoms with van der Waals surface area (Å²) < 4.78 is 0. The van der Waals surface area contributed by atoms with E-state index < -0.39 is 0 Å². The Morgan fingerprint density at radius 1 is 1.19 bits per heavy atom. The minimum atomic E-state index is -0.134. The number of rotatable bonds is 6. The average Bonchev–Trinajstić information content (AvgIpc) is 2.46. The maximum Gasteiger partial charge on any atom is 0.155 e. The molecule has 2 aromatic rings. The van der Waals surface area contributed by atoms with Gasteiger partial charge < -0.3 is 11.1 Å². The minimum absolute atomic E-state index is 0.134. The van der Waals surface area contributed by atoms with Crippen molar-refractivity contribution in [1.82, 2.24) is 9.97 Å². The van der Waals surface area contributed by atoms with E-state index in [1.807, 2.05) is 6.07 Å². The Kier molecular flexibility index (Phi) is 4.85. The van der Waals surface area contributed by atoms with Crippen LogP contribution in [0.15, 0.2) is 42.7 Å². The lowest BCUT2D eigenvalue weighted by Gasteiger charge is -2.27. The molecule has 1 aromatic heterocycles. The molecule has 4 nitrogen and oxygen atoms in total. The van der Waals surface area contributed by atoms with Crippen LogP contribution in [-0.4, -0.2) is 20.5 Å². The molecule has 0 bridgehead atoms. The van der Waals surface area contributed by atoms with Gasteiger partial charge in [0.25, 0.3) is 0 Å². The predicted molar refractivity (Wildman–Crippen MR) is 90.4 cm³/mol. The maximum atomic E-state index is 5.69. The molecule has 0 unspecified atom stereocenters. The van der Waals surface area contributed by atoms with E-state index in [9.17, 15) is 0 Å². The number of nitrogens with two attached hydrogens (primary N) is 1. The number of hydrogen-bond donors (Lipinski definition) is 2. The summed E-state index contributed by atoms with van der Waals surface area (Å²) in [7, 11) is 0. The maximum absolute atomic E-state index is 5.69. The third kappa shape index (κ3) is 4.49. The zero-order chi connectivity index (χ0) is 15.3. The topological polar surface area (TPSA) is 63.8 Å². The fourth-order valence-corrected chi connectivity index (χ4v) is 2.24. The number of benzene rings is 1. The van der Waals surface area contributed by atoms with Gasteiger partial charge >= 0.3 is 0 Å². The number of nitrogens with one attached hydrogen (secondary N) is 1. The zero-order valence-corrected chi connectivity index (χ0v) is 13.2. The van der Waals surface area contributed by atoms with Crippen molar-refractivity contribution in [3.8, 4) is 0 Å². The summed E-state index contributed by atoms with van der Waals surface area (Å²) in [6.45, 7) is 4.27. The number of aromatic nitrogens is 2. The molecule has 3 N–H and O–H groups in total. The number of aryl methyl sites for hydroxylation is 1. The minimum Gasteiger partial charge on any atom is -0.388 e. The third-order valence-corrected chi connectivity index (χ3v) is 3.46. The van der Waals surface area contributed by atoms with Gasteiger partial charge in [-0.2, -0.15) is 0 Å². The fourth-order valence-electron chi connectivity index (χ4n) is 2.09. The van der Waals surface area contributed by atoms with Gasteiger partial charge in [0.2, 0.25) is 0 Å². The molecule has 21 heavy (non-hydrogen) atoms. The molecular weight excluding hydrogens is 280 g/mol. The van der Waals surface area contributed by atoms with Gasteiger partial charge in [-0.1, -0.05) is 42.5 Å². The lowest BCUT2D eigenvalue weighted by atomic mass is 9.95. The van der Waals surface area contributed by atoms with Crippen LogP contribution in [0.1, 0.15) is 31.5 Å². The van der Waals surface area contributed by atoms with Crippen LogP contribution in [0.2, 0.25) is 0 Å². The Morgan fingerprint density at radius 2 is 1.86 bits per heavy atom. The molecule has 0 aliphatic carbocycles. The number of hydrogen-bond acceptors (Lipinski definition) is 4. The van der Waals surface area contributed by atoms with Crippen molar-refractivity contribution >= 4 is 23.0 Å². The van der Waals surface area contributed by atoms with Gasteiger partial charge in [0, 0.05) is 17.9 Å². The van der Waals surface area contributed by atoms with Crippen LogP contribution in [0.4, 0.5) is 5.82 Å². The highest BCUT2D eigenvalue weighted by Gasteiger charge is 2.20. The first kappa shape index (κ1) is 15.4. The Bertz CT molecular complexity index is 611. The summed E-state index contributed by atoms with van der Waals surface area (Å²) in [6, 6.07) is 10.4. The van der Waals surface area contributed by atoms with Crippen molar-refractivity contribution in [2.45, 2.75) is 32.2 Å². The van der Waals surface area contributed by atoms with E-state index in [-0.39, 0.29) is 10.5 Å². The van der Waals surface area contributed by atoms with Crippen LogP contribution < -0.4 is 11.1 Å². The van der Waals surface area contributed by atoms with E-state index in [4.69, 9.17) is 18.0 Å². The van der Waals surface area contributed by atoms with E-state index in [2.05, 4.69) is 53.4 Å². The molecule has 0 amide bonds. The Hall–Kier alpha value is -2.01. The molecule has 0 spiro atoms. The first-order valence-corrected chi connectivity index (χ1v) is 7.32. The summed E-state index contributed by atoms with van der Waals surface area (Å²) in [5, 5.41) is 3.40. The van der Waals surface area contributed by atoms with Gasteiger partial charge in [0.05, 0.1) is 0 Å². The van der Waals surface area contributed by atoms with Crippen molar-refractivity contribution in [2.24, 2.45) is 5.73 Å². The van der Waals surface area contributed by atoms with Crippen LogP contribution in [0.25, 0.3) is 0 Å². The molecule has 1 aromatic carbocycles. The summed E-state index contributed by atoms with van der Waals surface area (Å²) in [6.07, 6.45) is 5.18. The standard InChI is InChI=1S/C16H20N4S/c1-16(2,9-8-12-6-4-3-5-7-12)20-15-13(14(17)21)18-10-11-19-15/h3-7,10-11H,8-9H2,1-2H3,(H2,17,21)(H,19,20). The second-order valence-electron chi connectivity index (χ2n) is 5.61. The fraction of sp³-hybridized carbons (Fsp3) is 0.312. The summed E-state index contributed by atoms with van der Waals surface area (Å²) >= 11 is 5.02. The van der Waals surface area contributed by atoms with E-state index in [0.717, 1.165) is 12.8 Å². The molecule has 1 heterocycles. The van der Waals surface area contributed by atoms with Crippen molar-refractivity contribution in [2.75, 3.05) is 5.32 Å². The van der Waals surface area contributed by atoms with E-state index in [0.29, 0.717) is 11.5 Å². The van der Waals surface area contributed by atoms with E-state index in [1.54, 1.807) is 12.4 Å². The molecule has 0 radical (unpaired) electrons. The van der Waals surface area contributed by atoms with Crippen molar-refractivity contribution in [3.63, 3.8) is 0 Å². The lowest BCUT2D eigenvalue weighted by molar-refractivity contribution is 0.516. The van der Waals surface area contributed by atoms with Gasteiger partial charge in [-0.15, -0.1) is 0 Å². The molecule has 0 saturated heterocycles. The quantitative estimate of drug-likeness (QED) is 0.803. The van der Waals surface area contributed by atoms with Gasteiger partial charge in [-0.3, -0.25) is 0 Å². The van der Waals surface area contributed by atoms with Crippen LogP contribution in [0, 0.1) is 0 Å². The number of anilines is 1. The summed E-state index contributed by atoms with van der Waals surface area (Å²) in [5.74, 6) is 0.642. The lowest BCUT2D eigenvalue weighted by Crippen LogP contribution is -2.33. The zero-order valence-electron chi connectivity index (χ0n) is 12.3. The second kappa shape index (κ2) is 6.63. The van der Waals surface area contributed by atoms with Gasteiger partial charge in [0.15, 0.2) is 5.82 Å². The number of thiocarbonyl (C=S) groups is 1. The van der Waals surface area contributed by atoms with Crippen LogP contribution in [0.5, 0.6) is 0 Å². The van der Waals surface area contributed by atoms with Crippen molar-refractivity contribution < 1.29 is 0 Å².